The summed E-state index contributed by atoms with van der Waals surface area (Å²) in [6, 6.07) is 8.72. The summed E-state index contributed by atoms with van der Waals surface area (Å²) >= 11 is 1.69. The average Bonchev–Trinajstić information content (AvgIpc) is 3.32. The Kier molecular flexibility index (Phi) is 6.78. The van der Waals surface area contributed by atoms with Crippen molar-refractivity contribution in [3.8, 4) is 0 Å². The van der Waals surface area contributed by atoms with Crippen LogP contribution < -0.4 is 10.6 Å². The fraction of sp³-hybridized carbons (Fsp3) is 0.640. The maximum atomic E-state index is 13.8. The number of fused-ring (bicyclic) bond motifs is 1. The Morgan fingerprint density at radius 1 is 1.15 bits per heavy atom. The number of unbranched alkanes of at least 4 members (excludes halogenated alkanes) is 2. The highest BCUT2D eigenvalue weighted by molar-refractivity contribution is 8.02. The molecule has 1 aromatic rings. The van der Waals surface area contributed by atoms with Crippen LogP contribution in [0.3, 0.4) is 0 Å². The molecule has 3 amide bonds. The van der Waals surface area contributed by atoms with Gasteiger partial charge in [0.25, 0.3) is 0 Å². The zero-order chi connectivity index (χ0) is 23.8. The van der Waals surface area contributed by atoms with E-state index in [-0.39, 0.29) is 35.1 Å². The average molecular weight is 474 g/mol. The molecule has 3 saturated heterocycles. The van der Waals surface area contributed by atoms with Gasteiger partial charge in [-0.05, 0) is 65.0 Å². The van der Waals surface area contributed by atoms with Crippen LogP contribution in [0.5, 0.6) is 0 Å². The largest absolute Gasteiger partial charge is 0.396 e. The van der Waals surface area contributed by atoms with Crippen LogP contribution >= 0.6 is 11.8 Å². The molecule has 0 saturated carbocycles. The molecule has 33 heavy (non-hydrogen) atoms. The van der Waals surface area contributed by atoms with Crippen LogP contribution in [-0.4, -0.2) is 62.5 Å². The number of anilines is 1. The van der Waals surface area contributed by atoms with Crippen molar-refractivity contribution in [2.45, 2.75) is 74.5 Å². The molecule has 7 nitrogen and oxygen atoms in total. The van der Waals surface area contributed by atoms with E-state index in [2.05, 4.69) is 17.6 Å². The number of carbonyl (C=O) groups is 3. The van der Waals surface area contributed by atoms with Crippen molar-refractivity contribution in [1.29, 1.82) is 0 Å². The maximum absolute atomic E-state index is 13.8. The highest BCUT2D eigenvalue weighted by atomic mass is 32.2. The second-order valence-corrected chi connectivity index (χ2v) is 12.0. The van der Waals surface area contributed by atoms with Gasteiger partial charge >= 0.3 is 0 Å². The van der Waals surface area contributed by atoms with Gasteiger partial charge in [0.05, 0.1) is 16.6 Å². The highest BCUT2D eigenvalue weighted by Gasteiger charge is 2.77. The minimum atomic E-state index is -0.583. The Hall–Kier alpha value is -2.06. The normalized spacial score (nSPS) is 32.3. The fourth-order valence-corrected chi connectivity index (χ4v) is 8.40. The monoisotopic (exact) mass is 473 g/mol. The lowest BCUT2D eigenvalue weighted by Crippen LogP contribution is -2.54. The highest BCUT2D eigenvalue weighted by Crippen LogP contribution is 2.71. The van der Waals surface area contributed by atoms with E-state index in [1.165, 1.54) is 0 Å². The molecular formula is C25H35N3O4S. The fourth-order valence-electron chi connectivity index (χ4n) is 6.04. The van der Waals surface area contributed by atoms with Crippen molar-refractivity contribution < 1.29 is 19.5 Å². The number of aliphatic hydroxyl groups excluding tert-OH is 1. The van der Waals surface area contributed by atoms with Gasteiger partial charge in [-0.3, -0.25) is 14.4 Å². The third-order valence-electron chi connectivity index (χ3n) is 7.34. The van der Waals surface area contributed by atoms with Crippen molar-refractivity contribution in [2.24, 2.45) is 11.8 Å². The van der Waals surface area contributed by atoms with E-state index in [9.17, 15) is 14.4 Å². The first kappa shape index (κ1) is 24.1. The van der Waals surface area contributed by atoms with Crippen LogP contribution in [-0.2, 0) is 14.4 Å². The third kappa shape index (κ3) is 4.16. The summed E-state index contributed by atoms with van der Waals surface area (Å²) in [6.07, 6.45) is 3.75. The smallest absolute Gasteiger partial charge is 0.244 e. The van der Waals surface area contributed by atoms with Gasteiger partial charge < -0.3 is 20.6 Å². The van der Waals surface area contributed by atoms with Gasteiger partial charge in [-0.2, -0.15) is 0 Å². The molecule has 0 aliphatic carbocycles. The summed E-state index contributed by atoms with van der Waals surface area (Å²) in [4.78, 5) is 42.6. The second kappa shape index (κ2) is 9.29. The van der Waals surface area contributed by atoms with Gasteiger partial charge in [-0.15, -0.1) is 11.8 Å². The number of rotatable bonds is 9. The molecule has 4 rings (SSSR count). The Morgan fingerprint density at radius 2 is 1.88 bits per heavy atom. The number of carbonyl (C=O) groups excluding carboxylic acids is 3. The Balaban J connectivity index is 1.65. The lowest BCUT2D eigenvalue weighted by Gasteiger charge is -2.35. The second-order valence-electron chi connectivity index (χ2n) is 10.1. The number of thioether (sulfide) groups is 1. The lowest BCUT2D eigenvalue weighted by atomic mass is 9.66. The minimum Gasteiger partial charge on any atom is -0.396 e. The summed E-state index contributed by atoms with van der Waals surface area (Å²) in [5, 5.41) is 15.2. The molecule has 3 fully saturated rings. The number of benzene rings is 1. The van der Waals surface area contributed by atoms with Gasteiger partial charge in [0, 0.05) is 29.6 Å². The van der Waals surface area contributed by atoms with E-state index in [0.29, 0.717) is 18.7 Å². The van der Waals surface area contributed by atoms with E-state index in [0.717, 1.165) is 25.7 Å². The molecule has 180 valence electrons. The number of amides is 3. The predicted molar refractivity (Wildman–Crippen MR) is 130 cm³/mol. The molecular weight excluding hydrogens is 438 g/mol. The maximum Gasteiger partial charge on any atom is 0.244 e. The number of nitrogens with one attached hydrogen (secondary N) is 2. The molecule has 3 aliphatic heterocycles. The molecule has 3 heterocycles. The van der Waals surface area contributed by atoms with Crippen molar-refractivity contribution in [3.05, 3.63) is 30.3 Å². The van der Waals surface area contributed by atoms with Crippen LogP contribution in [0.25, 0.3) is 0 Å². The van der Waals surface area contributed by atoms with Crippen LogP contribution in [0.1, 0.15) is 52.9 Å². The molecule has 2 unspecified atom stereocenters. The number of aliphatic hydroxyl groups is 1. The first-order chi connectivity index (χ1) is 15.7. The van der Waals surface area contributed by atoms with E-state index in [1.807, 2.05) is 44.2 Å². The van der Waals surface area contributed by atoms with Crippen LogP contribution in [0, 0.1) is 11.8 Å². The zero-order valence-corrected chi connectivity index (χ0v) is 20.5. The number of hydrogen-bond donors (Lipinski definition) is 3. The number of hydrogen-bond acceptors (Lipinski definition) is 5. The molecule has 0 radical (unpaired) electrons. The van der Waals surface area contributed by atoms with Crippen molar-refractivity contribution in [1.82, 2.24) is 10.2 Å². The summed E-state index contributed by atoms with van der Waals surface area (Å²) < 4.78 is -0.959. The predicted octanol–water partition coefficient (Wildman–Crippen LogP) is 2.79. The van der Waals surface area contributed by atoms with Gasteiger partial charge in [-0.25, -0.2) is 0 Å². The molecule has 3 N–H and O–H groups in total. The lowest BCUT2D eigenvalue weighted by molar-refractivity contribution is -0.139. The molecule has 1 spiro atoms. The van der Waals surface area contributed by atoms with Crippen molar-refractivity contribution in [2.75, 3.05) is 18.5 Å². The molecule has 0 aromatic heterocycles. The van der Waals surface area contributed by atoms with Gasteiger partial charge in [-0.1, -0.05) is 18.2 Å². The molecule has 3 aliphatic rings. The number of nitrogens with zero attached hydrogens (tertiary/aromatic N) is 1. The molecule has 1 aromatic carbocycles. The topological polar surface area (TPSA) is 98.7 Å². The summed E-state index contributed by atoms with van der Waals surface area (Å²) in [5.41, 5.74) is 0.716. The first-order valence-electron chi connectivity index (χ1n) is 12.0. The Morgan fingerprint density at radius 3 is 2.55 bits per heavy atom. The van der Waals surface area contributed by atoms with Gasteiger partial charge in [0.2, 0.25) is 17.7 Å². The SMILES string of the molecule is CC(C)NC(=O)C1N(CCCCCO)C(=O)[C@@H]2[C@@H](C(=O)Nc3ccccc3)[C@@]3(C)CCC12S3. The van der Waals surface area contributed by atoms with E-state index < -0.39 is 22.6 Å². The third-order valence-corrected chi connectivity index (χ3v) is 9.32. The van der Waals surface area contributed by atoms with Crippen molar-refractivity contribution >= 4 is 35.2 Å². The number of para-hydroxylation sites is 1. The quantitative estimate of drug-likeness (QED) is 0.479. The van der Waals surface area contributed by atoms with Crippen LogP contribution in [0.15, 0.2) is 30.3 Å². The van der Waals surface area contributed by atoms with Gasteiger partial charge in [0.15, 0.2) is 0 Å². The van der Waals surface area contributed by atoms with Crippen molar-refractivity contribution in [3.63, 3.8) is 0 Å². The van der Waals surface area contributed by atoms with E-state index >= 15 is 0 Å². The standard InChI is InChI=1S/C25H35N3O4S/c1-16(2)26-22(31)20-25-13-12-24(3,33-25)18(21(30)27-17-10-6-4-7-11-17)19(25)23(32)28(20)14-8-5-9-15-29/h4,6-7,10-11,16,18-20,29H,5,8-9,12-15H2,1-3H3,(H,26,31)(H,27,30)/t18-,19-,20?,24+,25?/m0/s1. The molecule has 8 heteroatoms. The minimum absolute atomic E-state index is 0.0318. The summed E-state index contributed by atoms with van der Waals surface area (Å²) in [6.45, 7) is 6.51. The van der Waals surface area contributed by atoms with E-state index in [4.69, 9.17) is 5.11 Å². The van der Waals surface area contributed by atoms with Crippen LogP contribution in [0.2, 0.25) is 0 Å². The summed E-state index contributed by atoms with van der Waals surface area (Å²) in [5.74, 6) is -1.33. The zero-order valence-electron chi connectivity index (χ0n) is 19.7. The number of likely N-dealkylation sites (tertiary alicyclic amines) is 1. The Labute approximate surface area is 200 Å². The first-order valence-corrected chi connectivity index (χ1v) is 12.8. The van der Waals surface area contributed by atoms with Crippen LogP contribution in [0.4, 0.5) is 5.69 Å². The molecule has 2 bridgehead atoms. The van der Waals surface area contributed by atoms with E-state index in [1.54, 1.807) is 16.7 Å². The molecule has 5 atom stereocenters. The Bertz CT molecular complexity index is 910. The summed E-state index contributed by atoms with van der Waals surface area (Å²) in [7, 11) is 0. The van der Waals surface area contributed by atoms with Gasteiger partial charge in [0.1, 0.15) is 6.04 Å².